The lowest BCUT2D eigenvalue weighted by Gasteiger charge is -2.42. The smallest absolute Gasteiger partial charge is 0.333 e. The van der Waals surface area contributed by atoms with Crippen LogP contribution in [0.5, 0.6) is 0 Å². The van der Waals surface area contributed by atoms with Gasteiger partial charge < -0.3 is 19.3 Å². The summed E-state index contributed by atoms with van der Waals surface area (Å²) in [6.07, 6.45) is 4.56. The van der Waals surface area contributed by atoms with Crippen molar-refractivity contribution in [3.63, 3.8) is 0 Å². The lowest BCUT2D eigenvalue weighted by atomic mass is 9.90. The topological polar surface area (TPSA) is 65.0 Å². The van der Waals surface area contributed by atoms with Crippen molar-refractivity contribution in [1.29, 1.82) is 0 Å². The van der Waals surface area contributed by atoms with Crippen molar-refractivity contribution in [3.05, 3.63) is 12.2 Å². The average Bonchev–Trinajstić information content (AvgIpc) is 2.38. The van der Waals surface area contributed by atoms with Gasteiger partial charge in [-0.25, -0.2) is 4.79 Å². The molecule has 0 aromatic carbocycles. The number of carbonyl (C=O) groups is 1. The van der Waals surface area contributed by atoms with Crippen molar-refractivity contribution in [2.75, 3.05) is 13.2 Å². The number of carbonyl (C=O) groups excluding carboxylic acids is 1. The number of hydrogen-bond donors (Lipinski definition) is 1. The van der Waals surface area contributed by atoms with Crippen LogP contribution in [0.3, 0.4) is 0 Å². The zero-order chi connectivity index (χ0) is 14.6. The number of esters is 1. The molecule has 2 aliphatic rings. The van der Waals surface area contributed by atoms with Gasteiger partial charge in [-0.1, -0.05) is 6.58 Å². The Morgan fingerprint density at radius 2 is 2.20 bits per heavy atom. The van der Waals surface area contributed by atoms with E-state index in [0.717, 1.165) is 19.3 Å². The van der Waals surface area contributed by atoms with Gasteiger partial charge in [0.25, 0.3) is 0 Å². The highest BCUT2D eigenvalue weighted by molar-refractivity contribution is 5.86. The highest BCUT2D eigenvalue weighted by Crippen LogP contribution is 2.36. The van der Waals surface area contributed by atoms with Gasteiger partial charge in [0.15, 0.2) is 5.79 Å². The van der Waals surface area contributed by atoms with Gasteiger partial charge in [0.2, 0.25) is 0 Å². The Hall–Kier alpha value is -0.910. The maximum atomic E-state index is 11.3. The van der Waals surface area contributed by atoms with Crippen LogP contribution in [0.1, 0.15) is 45.4 Å². The van der Waals surface area contributed by atoms with Gasteiger partial charge in [-0.2, -0.15) is 0 Å². The number of aliphatic hydroxyl groups is 1. The molecule has 20 heavy (non-hydrogen) atoms. The highest BCUT2D eigenvalue weighted by Gasteiger charge is 2.40. The molecular weight excluding hydrogens is 260 g/mol. The molecule has 0 radical (unpaired) electrons. The Labute approximate surface area is 119 Å². The predicted octanol–water partition coefficient (Wildman–Crippen LogP) is 1.93. The standard InChI is InChI=1S/C15H24O5/c1-11(2)14(16)19-10-6-12-13(5-3-9-18-12)20-15(17)7-4-8-15/h12-13,17H,1,3-10H2,2H3/t12-,13-/m0/s1. The molecule has 0 bridgehead atoms. The van der Waals surface area contributed by atoms with Gasteiger partial charge in [0.05, 0.1) is 18.8 Å². The molecule has 2 fully saturated rings. The molecule has 0 aromatic rings. The van der Waals surface area contributed by atoms with E-state index >= 15 is 0 Å². The molecule has 1 heterocycles. The maximum Gasteiger partial charge on any atom is 0.333 e. The van der Waals surface area contributed by atoms with Gasteiger partial charge in [0.1, 0.15) is 0 Å². The molecule has 1 aliphatic heterocycles. The van der Waals surface area contributed by atoms with E-state index in [-0.39, 0.29) is 24.8 Å². The first-order chi connectivity index (χ1) is 9.50. The summed E-state index contributed by atoms with van der Waals surface area (Å²) in [4.78, 5) is 11.3. The lowest BCUT2D eigenvalue weighted by Crippen LogP contribution is -2.48. The quantitative estimate of drug-likeness (QED) is 0.459. The summed E-state index contributed by atoms with van der Waals surface area (Å²) in [6.45, 7) is 6.14. The zero-order valence-electron chi connectivity index (χ0n) is 12.1. The third-order valence-electron chi connectivity index (χ3n) is 3.87. The summed E-state index contributed by atoms with van der Waals surface area (Å²) in [5.41, 5.74) is 0.395. The summed E-state index contributed by atoms with van der Waals surface area (Å²) in [5.74, 6) is -1.34. The second-order valence-corrected chi connectivity index (χ2v) is 5.71. The van der Waals surface area contributed by atoms with Gasteiger partial charge in [-0.15, -0.1) is 0 Å². The number of hydrogen-bond acceptors (Lipinski definition) is 5. The minimum atomic E-state index is -0.960. The van der Waals surface area contributed by atoms with Crippen molar-refractivity contribution >= 4 is 5.97 Å². The lowest BCUT2D eigenvalue weighted by molar-refractivity contribution is -0.293. The third kappa shape index (κ3) is 4.04. The molecule has 5 heteroatoms. The van der Waals surface area contributed by atoms with Crippen molar-refractivity contribution in [2.24, 2.45) is 0 Å². The van der Waals surface area contributed by atoms with Gasteiger partial charge in [0, 0.05) is 31.4 Å². The monoisotopic (exact) mass is 284 g/mol. The van der Waals surface area contributed by atoms with E-state index in [1.54, 1.807) is 6.92 Å². The fourth-order valence-electron chi connectivity index (χ4n) is 2.49. The molecule has 5 nitrogen and oxygen atoms in total. The summed E-state index contributed by atoms with van der Waals surface area (Å²) >= 11 is 0. The van der Waals surface area contributed by atoms with E-state index in [1.165, 1.54) is 0 Å². The second kappa shape index (κ2) is 6.70. The van der Waals surface area contributed by atoms with Crippen LogP contribution in [0.4, 0.5) is 0 Å². The van der Waals surface area contributed by atoms with E-state index in [9.17, 15) is 9.90 Å². The minimum Gasteiger partial charge on any atom is -0.462 e. The predicted molar refractivity (Wildman–Crippen MR) is 73.0 cm³/mol. The van der Waals surface area contributed by atoms with Crippen LogP contribution >= 0.6 is 0 Å². The fourth-order valence-corrected chi connectivity index (χ4v) is 2.49. The molecule has 2 rings (SSSR count). The molecule has 1 aliphatic carbocycles. The SMILES string of the molecule is C=C(C)C(=O)OCC[C@@H]1OCCC[C@@H]1OC1(O)CCC1. The van der Waals surface area contributed by atoms with Gasteiger partial charge >= 0.3 is 5.97 Å². The Kier molecular flexibility index (Phi) is 5.18. The Balaban J connectivity index is 1.78. The number of rotatable bonds is 6. The minimum absolute atomic E-state index is 0.113. The molecule has 2 atom stereocenters. The first-order valence-corrected chi connectivity index (χ1v) is 7.35. The largest absolute Gasteiger partial charge is 0.462 e. The van der Waals surface area contributed by atoms with E-state index < -0.39 is 5.79 Å². The Bertz CT molecular complexity index is 361. The van der Waals surface area contributed by atoms with Crippen molar-refractivity contribution in [1.82, 2.24) is 0 Å². The molecule has 0 amide bonds. The van der Waals surface area contributed by atoms with Gasteiger partial charge in [-0.05, 0) is 26.2 Å². The van der Waals surface area contributed by atoms with Crippen LogP contribution in [-0.4, -0.2) is 42.3 Å². The molecule has 1 N–H and O–H groups in total. The summed E-state index contributed by atoms with van der Waals surface area (Å²) in [7, 11) is 0. The van der Waals surface area contributed by atoms with Crippen LogP contribution in [0.15, 0.2) is 12.2 Å². The highest BCUT2D eigenvalue weighted by atomic mass is 16.6. The molecule has 114 valence electrons. The summed E-state index contributed by atoms with van der Waals surface area (Å²) in [5, 5.41) is 10.1. The van der Waals surface area contributed by atoms with E-state index in [4.69, 9.17) is 14.2 Å². The Morgan fingerprint density at radius 1 is 1.45 bits per heavy atom. The van der Waals surface area contributed by atoms with Crippen molar-refractivity contribution in [3.8, 4) is 0 Å². The molecule has 0 aromatic heterocycles. The van der Waals surface area contributed by atoms with Crippen LogP contribution in [-0.2, 0) is 19.0 Å². The first kappa shape index (κ1) is 15.5. The van der Waals surface area contributed by atoms with Gasteiger partial charge in [-0.3, -0.25) is 0 Å². The number of ether oxygens (including phenoxy) is 3. The molecule has 1 saturated heterocycles. The molecule has 0 spiro atoms. The second-order valence-electron chi connectivity index (χ2n) is 5.71. The molecule has 1 saturated carbocycles. The summed E-state index contributed by atoms with van der Waals surface area (Å²) in [6, 6.07) is 0. The van der Waals surface area contributed by atoms with E-state index in [2.05, 4.69) is 6.58 Å². The van der Waals surface area contributed by atoms with Crippen LogP contribution in [0, 0.1) is 0 Å². The van der Waals surface area contributed by atoms with Crippen LogP contribution < -0.4 is 0 Å². The zero-order valence-corrected chi connectivity index (χ0v) is 12.1. The first-order valence-electron chi connectivity index (χ1n) is 7.35. The normalized spacial score (nSPS) is 28.5. The maximum absolute atomic E-state index is 11.3. The van der Waals surface area contributed by atoms with Crippen LogP contribution in [0.2, 0.25) is 0 Å². The van der Waals surface area contributed by atoms with Crippen molar-refractivity contribution in [2.45, 2.75) is 63.4 Å². The van der Waals surface area contributed by atoms with E-state index in [0.29, 0.717) is 31.4 Å². The molecule has 0 unspecified atom stereocenters. The third-order valence-corrected chi connectivity index (χ3v) is 3.87. The average molecular weight is 284 g/mol. The van der Waals surface area contributed by atoms with E-state index in [1.807, 2.05) is 0 Å². The molecular formula is C15H24O5. The fraction of sp³-hybridized carbons (Fsp3) is 0.800. The van der Waals surface area contributed by atoms with Crippen LogP contribution in [0.25, 0.3) is 0 Å². The van der Waals surface area contributed by atoms with Crippen molar-refractivity contribution < 1.29 is 24.1 Å². The Morgan fingerprint density at radius 3 is 2.80 bits per heavy atom. The summed E-state index contributed by atoms with van der Waals surface area (Å²) < 4.78 is 16.6.